The van der Waals surface area contributed by atoms with Crippen molar-refractivity contribution in [1.82, 2.24) is 4.90 Å². The molecule has 8 nitrogen and oxygen atoms in total. The Balaban J connectivity index is 1.81. The van der Waals surface area contributed by atoms with Crippen molar-refractivity contribution in [2.45, 2.75) is 25.4 Å². The van der Waals surface area contributed by atoms with Crippen molar-refractivity contribution in [3.8, 4) is 0 Å². The number of carboxylic acids is 1. The molecule has 1 atom stereocenters. The van der Waals surface area contributed by atoms with Crippen LogP contribution in [0.15, 0.2) is 24.3 Å². The Hall–Kier alpha value is -2.85. The zero-order valence-corrected chi connectivity index (χ0v) is 14.2. The fraction of sp³-hybridized carbons (Fsp3) is 0.500. The number of anilines is 1. The molecule has 148 valence electrons. The number of nitro benzene ring substituents is 1. The molecule has 2 N–H and O–H groups in total. The van der Waals surface area contributed by atoms with Gasteiger partial charge in [-0.25, -0.2) is 0 Å². The molecule has 2 rings (SSSR count). The molecular weight excluding hydrogens is 371 g/mol. The fourth-order valence-electron chi connectivity index (χ4n) is 2.88. The lowest BCUT2D eigenvalue weighted by Gasteiger charge is -2.27. The molecule has 1 saturated heterocycles. The number of rotatable bonds is 7. The Morgan fingerprint density at radius 2 is 1.93 bits per heavy atom. The van der Waals surface area contributed by atoms with Gasteiger partial charge in [-0.15, -0.1) is 0 Å². The number of aliphatic carboxylic acids is 1. The fourth-order valence-corrected chi connectivity index (χ4v) is 2.88. The van der Waals surface area contributed by atoms with Crippen LogP contribution >= 0.6 is 0 Å². The van der Waals surface area contributed by atoms with Crippen molar-refractivity contribution in [1.29, 1.82) is 0 Å². The van der Waals surface area contributed by atoms with Gasteiger partial charge >= 0.3 is 12.1 Å². The van der Waals surface area contributed by atoms with Gasteiger partial charge in [0.15, 0.2) is 5.41 Å². The molecule has 27 heavy (non-hydrogen) atoms. The van der Waals surface area contributed by atoms with Crippen molar-refractivity contribution in [2.24, 2.45) is 5.41 Å². The van der Waals surface area contributed by atoms with Gasteiger partial charge in [-0.1, -0.05) is 0 Å². The van der Waals surface area contributed by atoms with Crippen molar-refractivity contribution in [2.75, 3.05) is 25.0 Å². The van der Waals surface area contributed by atoms with Gasteiger partial charge in [-0.2, -0.15) is 13.2 Å². The minimum atomic E-state index is -4.93. The van der Waals surface area contributed by atoms with Crippen LogP contribution in [0.5, 0.6) is 0 Å². The Labute approximate surface area is 152 Å². The second-order valence-corrected chi connectivity index (χ2v) is 6.28. The number of benzene rings is 1. The predicted octanol–water partition coefficient (Wildman–Crippen LogP) is 2.65. The van der Waals surface area contributed by atoms with Gasteiger partial charge < -0.3 is 15.3 Å². The van der Waals surface area contributed by atoms with E-state index in [-0.39, 0.29) is 18.7 Å². The minimum Gasteiger partial charge on any atom is -0.481 e. The van der Waals surface area contributed by atoms with Crippen LogP contribution in [-0.4, -0.2) is 52.6 Å². The van der Waals surface area contributed by atoms with E-state index < -0.39 is 41.4 Å². The number of nitrogens with zero attached hydrogens (tertiary/aromatic N) is 2. The second-order valence-electron chi connectivity index (χ2n) is 6.28. The van der Waals surface area contributed by atoms with Crippen LogP contribution in [0.1, 0.15) is 19.3 Å². The first kappa shape index (κ1) is 20.5. The molecule has 1 aromatic carbocycles. The number of nitrogens with one attached hydrogen (secondary N) is 1. The monoisotopic (exact) mass is 389 g/mol. The molecule has 0 saturated carbocycles. The first-order valence-electron chi connectivity index (χ1n) is 8.13. The number of hydrogen-bond donors (Lipinski definition) is 2. The predicted molar refractivity (Wildman–Crippen MR) is 88.1 cm³/mol. The van der Waals surface area contributed by atoms with Crippen LogP contribution in [0.25, 0.3) is 0 Å². The number of non-ortho nitro benzene ring substituents is 1. The first-order chi connectivity index (χ1) is 12.6. The molecule has 11 heteroatoms. The number of alkyl halides is 3. The van der Waals surface area contributed by atoms with E-state index in [1.807, 2.05) is 0 Å². The van der Waals surface area contributed by atoms with E-state index in [2.05, 4.69) is 5.32 Å². The third-order valence-electron chi connectivity index (χ3n) is 4.55. The zero-order valence-electron chi connectivity index (χ0n) is 14.2. The summed E-state index contributed by atoms with van der Waals surface area (Å²) in [6.07, 6.45) is -5.30. The first-order valence-corrected chi connectivity index (χ1v) is 8.13. The van der Waals surface area contributed by atoms with E-state index in [0.717, 1.165) is 4.90 Å². The molecule has 1 aliphatic heterocycles. The maximum atomic E-state index is 13.1. The van der Waals surface area contributed by atoms with E-state index in [4.69, 9.17) is 5.11 Å². The number of halogens is 3. The van der Waals surface area contributed by atoms with Crippen molar-refractivity contribution >= 4 is 23.3 Å². The molecule has 0 aliphatic carbocycles. The van der Waals surface area contributed by atoms with Gasteiger partial charge in [0, 0.05) is 43.9 Å². The van der Waals surface area contributed by atoms with Gasteiger partial charge in [0.25, 0.3) is 5.69 Å². The largest absolute Gasteiger partial charge is 0.481 e. The van der Waals surface area contributed by atoms with E-state index in [9.17, 15) is 32.9 Å². The molecule has 0 spiro atoms. The maximum absolute atomic E-state index is 13.1. The van der Waals surface area contributed by atoms with Crippen molar-refractivity contribution in [3.05, 3.63) is 34.4 Å². The third-order valence-corrected chi connectivity index (χ3v) is 4.55. The highest BCUT2D eigenvalue weighted by Gasteiger charge is 2.64. The highest BCUT2D eigenvalue weighted by Crippen LogP contribution is 2.45. The number of amides is 1. The van der Waals surface area contributed by atoms with Gasteiger partial charge in [-0.3, -0.25) is 19.7 Å². The van der Waals surface area contributed by atoms with E-state index in [1.165, 1.54) is 24.3 Å². The zero-order chi connectivity index (χ0) is 20.2. The van der Waals surface area contributed by atoms with E-state index in [0.29, 0.717) is 18.7 Å². The Morgan fingerprint density at radius 1 is 1.30 bits per heavy atom. The number of nitro groups is 1. The molecule has 1 heterocycles. The molecule has 0 bridgehead atoms. The minimum absolute atomic E-state index is 0.0342. The van der Waals surface area contributed by atoms with Gasteiger partial charge in [0.05, 0.1) is 4.92 Å². The summed E-state index contributed by atoms with van der Waals surface area (Å²) in [6, 6.07) is 5.65. The number of hydrogen-bond acceptors (Lipinski definition) is 5. The summed E-state index contributed by atoms with van der Waals surface area (Å²) in [5, 5.41) is 22.5. The number of carbonyl (C=O) groups excluding carboxylic acids is 1. The third kappa shape index (κ3) is 4.47. The van der Waals surface area contributed by atoms with Gasteiger partial charge in [0.1, 0.15) is 0 Å². The van der Waals surface area contributed by atoms with Crippen molar-refractivity contribution in [3.63, 3.8) is 0 Å². The van der Waals surface area contributed by atoms with E-state index >= 15 is 0 Å². The maximum Gasteiger partial charge on any atom is 0.406 e. The molecule has 1 aromatic rings. The van der Waals surface area contributed by atoms with Crippen LogP contribution in [0, 0.1) is 15.5 Å². The lowest BCUT2D eigenvalue weighted by atomic mass is 9.86. The molecule has 1 aliphatic rings. The quantitative estimate of drug-likeness (QED) is 0.421. The van der Waals surface area contributed by atoms with Crippen LogP contribution < -0.4 is 5.32 Å². The highest BCUT2D eigenvalue weighted by atomic mass is 19.4. The summed E-state index contributed by atoms with van der Waals surface area (Å²) in [5.41, 5.74) is -2.35. The Bertz CT molecular complexity index is 723. The molecule has 1 amide bonds. The SMILES string of the molecule is O=C(CCCNc1ccc([N+](=O)[O-])cc1)N1CCC(C(=O)O)(C(F)(F)F)C1. The number of likely N-dealkylation sites (tertiary alicyclic amines) is 1. The molecular formula is C16H18F3N3O5. The topological polar surface area (TPSA) is 113 Å². The lowest BCUT2D eigenvalue weighted by molar-refractivity contribution is -0.384. The second kappa shape index (κ2) is 7.80. The summed E-state index contributed by atoms with van der Waals surface area (Å²) < 4.78 is 39.3. The average molecular weight is 389 g/mol. The summed E-state index contributed by atoms with van der Waals surface area (Å²) in [5.74, 6) is -2.50. The van der Waals surface area contributed by atoms with Gasteiger partial charge in [0.2, 0.25) is 5.91 Å². The summed E-state index contributed by atoms with van der Waals surface area (Å²) in [7, 11) is 0. The molecule has 0 radical (unpaired) electrons. The normalized spacial score (nSPS) is 19.7. The molecule has 0 aromatic heterocycles. The number of carboxylic acid groups (broad SMARTS) is 1. The lowest BCUT2D eigenvalue weighted by Crippen LogP contribution is -2.47. The average Bonchev–Trinajstić information content (AvgIpc) is 3.06. The van der Waals surface area contributed by atoms with Crippen molar-refractivity contribution < 1.29 is 32.8 Å². The van der Waals surface area contributed by atoms with Crippen LogP contribution in [0.2, 0.25) is 0 Å². The van der Waals surface area contributed by atoms with Crippen LogP contribution in [0.4, 0.5) is 24.5 Å². The highest BCUT2D eigenvalue weighted by molar-refractivity contribution is 5.81. The number of carbonyl (C=O) groups is 2. The summed E-state index contributed by atoms with van der Waals surface area (Å²) in [6.45, 7) is -0.790. The standard InChI is InChI=1S/C16H18F3N3O5/c17-16(18,19)15(14(24)25)7-9-21(10-15)13(23)2-1-8-20-11-3-5-12(6-4-11)22(26)27/h3-6,20H,1-2,7-10H2,(H,24,25). The summed E-state index contributed by atoms with van der Waals surface area (Å²) >= 11 is 0. The molecule has 1 unspecified atom stereocenters. The Morgan fingerprint density at radius 3 is 2.41 bits per heavy atom. The Kier molecular flexibility index (Phi) is 5.91. The van der Waals surface area contributed by atoms with E-state index in [1.54, 1.807) is 0 Å². The summed E-state index contributed by atoms with van der Waals surface area (Å²) in [4.78, 5) is 34.2. The van der Waals surface area contributed by atoms with Crippen LogP contribution in [-0.2, 0) is 9.59 Å². The van der Waals surface area contributed by atoms with Crippen LogP contribution in [0.3, 0.4) is 0 Å². The smallest absolute Gasteiger partial charge is 0.406 e. The molecule has 1 fully saturated rings. The van der Waals surface area contributed by atoms with Gasteiger partial charge in [-0.05, 0) is 25.0 Å².